The molecule has 1 spiro atoms. The molecule has 2 fully saturated rings. The Morgan fingerprint density at radius 1 is 1.54 bits per heavy atom. The molecule has 0 radical (unpaired) electrons. The van der Waals surface area contributed by atoms with Crippen molar-refractivity contribution in [2.75, 3.05) is 20.1 Å². The van der Waals surface area contributed by atoms with E-state index in [1.165, 1.54) is 0 Å². The number of H-pyrrole nitrogens is 1. The molecule has 4 atom stereocenters. The van der Waals surface area contributed by atoms with Crippen LogP contribution < -0.4 is 0 Å². The minimum atomic E-state index is -0.620. The van der Waals surface area contributed by atoms with E-state index in [1.807, 2.05) is 17.1 Å². The Balaban J connectivity index is 1.52. The van der Waals surface area contributed by atoms with Gasteiger partial charge in [-0.15, -0.1) is 0 Å². The number of hydrogen-bond donors (Lipinski definition) is 1. The van der Waals surface area contributed by atoms with Crippen LogP contribution in [0, 0.1) is 17.8 Å². The molecule has 0 aliphatic carbocycles. The van der Waals surface area contributed by atoms with Gasteiger partial charge in [0.2, 0.25) is 11.8 Å². The van der Waals surface area contributed by atoms with Gasteiger partial charge in [0.05, 0.1) is 31.0 Å². The molecule has 140 valence electrons. The van der Waals surface area contributed by atoms with Crippen molar-refractivity contribution in [3.05, 3.63) is 30.4 Å². The highest BCUT2D eigenvalue weighted by atomic mass is 16.5. The van der Waals surface area contributed by atoms with Crippen molar-refractivity contribution >= 4 is 11.8 Å². The Kier molecular flexibility index (Phi) is 4.14. The molecule has 2 bridgehead atoms. The van der Waals surface area contributed by atoms with E-state index < -0.39 is 17.4 Å². The van der Waals surface area contributed by atoms with Crippen molar-refractivity contribution in [1.82, 2.24) is 19.8 Å². The van der Waals surface area contributed by atoms with Gasteiger partial charge in [0.1, 0.15) is 11.4 Å². The average molecular weight is 358 g/mol. The topological polar surface area (TPSA) is 78.5 Å². The molecule has 0 unspecified atom stereocenters. The van der Waals surface area contributed by atoms with E-state index in [0.29, 0.717) is 19.0 Å². The number of hydrogen-bond acceptors (Lipinski definition) is 4. The molecule has 0 saturated carbocycles. The Morgan fingerprint density at radius 3 is 3.04 bits per heavy atom. The van der Waals surface area contributed by atoms with Crippen LogP contribution >= 0.6 is 0 Å². The van der Waals surface area contributed by atoms with Gasteiger partial charge in [0.25, 0.3) is 0 Å². The maximum atomic E-state index is 13.1. The number of nitrogens with one attached hydrogen (secondary N) is 1. The molecule has 2 amide bonds. The van der Waals surface area contributed by atoms with Crippen molar-refractivity contribution in [3.8, 4) is 0 Å². The number of aromatic amines is 1. The highest BCUT2D eigenvalue weighted by Crippen LogP contribution is 2.52. The second-order valence-electron chi connectivity index (χ2n) is 8.07. The molecule has 26 heavy (non-hydrogen) atoms. The lowest BCUT2D eigenvalue weighted by molar-refractivity contribution is -0.142. The van der Waals surface area contributed by atoms with Gasteiger partial charge in [-0.2, -0.15) is 0 Å². The number of carbonyl (C=O) groups excluding carboxylic acids is 2. The summed E-state index contributed by atoms with van der Waals surface area (Å²) in [5.41, 5.74) is -0.620. The number of carbonyl (C=O) groups is 2. The first-order chi connectivity index (χ1) is 12.4. The van der Waals surface area contributed by atoms with Crippen LogP contribution in [0.1, 0.15) is 26.1 Å². The lowest BCUT2D eigenvalue weighted by Crippen LogP contribution is -2.44. The summed E-state index contributed by atoms with van der Waals surface area (Å²) in [5, 5.41) is 0. The van der Waals surface area contributed by atoms with E-state index in [2.05, 4.69) is 23.8 Å². The predicted molar refractivity (Wildman–Crippen MR) is 94.8 cm³/mol. The van der Waals surface area contributed by atoms with E-state index >= 15 is 0 Å². The molecular formula is C19H26N4O3. The standard InChI is InChI=1S/C19H26N4O3/c1-12(2)5-9-23-11-19-6-4-13(26-19)15(16(19)18(23)25)17(24)22(3)10-14-20-7-8-21-14/h4,6-8,12-13,15-16H,5,9-11H2,1-3H3,(H,20,21)/t13-,15-,16+,19-/m0/s1. The summed E-state index contributed by atoms with van der Waals surface area (Å²) >= 11 is 0. The zero-order valence-electron chi connectivity index (χ0n) is 15.5. The summed E-state index contributed by atoms with van der Waals surface area (Å²) in [6, 6.07) is 0. The molecular weight excluding hydrogens is 332 g/mol. The number of nitrogens with zero attached hydrogens (tertiary/aromatic N) is 3. The van der Waals surface area contributed by atoms with Crippen molar-refractivity contribution in [2.45, 2.75) is 38.5 Å². The molecule has 0 aromatic carbocycles. The highest BCUT2D eigenvalue weighted by molar-refractivity contribution is 5.92. The van der Waals surface area contributed by atoms with Gasteiger partial charge in [-0.1, -0.05) is 26.0 Å². The van der Waals surface area contributed by atoms with Gasteiger partial charge < -0.3 is 19.5 Å². The first kappa shape index (κ1) is 17.3. The van der Waals surface area contributed by atoms with Gasteiger partial charge in [-0.05, 0) is 12.3 Å². The number of rotatable bonds is 6. The molecule has 1 N–H and O–H groups in total. The molecule has 1 aromatic heterocycles. The number of ether oxygens (including phenoxy) is 1. The second kappa shape index (κ2) is 6.23. The normalized spacial score (nSPS) is 31.9. The van der Waals surface area contributed by atoms with Crippen LogP contribution in [-0.4, -0.2) is 63.4 Å². The Morgan fingerprint density at radius 2 is 2.35 bits per heavy atom. The van der Waals surface area contributed by atoms with Crippen LogP contribution in [0.15, 0.2) is 24.5 Å². The summed E-state index contributed by atoms with van der Waals surface area (Å²) in [7, 11) is 1.75. The van der Waals surface area contributed by atoms with Crippen LogP contribution in [0.2, 0.25) is 0 Å². The van der Waals surface area contributed by atoms with Crippen LogP contribution in [0.4, 0.5) is 0 Å². The summed E-state index contributed by atoms with van der Waals surface area (Å²) in [4.78, 5) is 36.9. The number of likely N-dealkylation sites (tertiary alicyclic amines) is 1. The average Bonchev–Trinajstić information content (AvgIpc) is 3.35. The van der Waals surface area contributed by atoms with Crippen LogP contribution in [0.3, 0.4) is 0 Å². The molecule has 1 aromatic rings. The maximum absolute atomic E-state index is 13.1. The summed E-state index contributed by atoms with van der Waals surface area (Å²) < 4.78 is 6.17. The molecule has 7 heteroatoms. The summed E-state index contributed by atoms with van der Waals surface area (Å²) in [6.45, 7) is 5.97. The Labute approximate surface area is 153 Å². The zero-order chi connectivity index (χ0) is 18.5. The van der Waals surface area contributed by atoms with Crippen LogP contribution in [0.25, 0.3) is 0 Å². The van der Waals surface area contributed by atoms with Crippen LogP contribution in [-0.2, 0) is 20.9 Å². The van der Waals surface area contributed by atoms with Gasteiger partial charge in [-0.25, -0.2) is 4.98 Å². The zero-order valence-corrected chi connectivity index (χ0v) is 15.5. The monoisotopic (exact) mass is 358 g/mol. The Bertz CT molecular complexity index is 729. The van der Waals surface area contributed by atoms with E-state index in [4.69, 9.17) is 4.74 Å². The quantitative estimate of drug-likeness (QED) is 0.775. The van der Waals surface area contributed by atoms with E-state index in [9.17, 15) is 9.59 Å². The number of aromatic nitrogens is 2. The third-order valence-electron chi connectivity index (χ3n) is 5.76. The van der Waals surface area contributed by atoms with Crippen LogP contribution in [0.5, 0.6) is 0 Å². The molecule has 2 saturated heterocycles. The minimum Gasteiger partial charge on any atom is -0.360 e. The lowest BCUT2D eigenvalue weighted by atomic mass is 9.76. The third-order valence-corrected chi connectivity index (χ3v) is 5.76. The fraction of sp³-hybridized carbons (Fsp3) is 0.632. The minimum absolute atomic E-state index is 0.0540. The summed E-state index contributed by atoms with van der Waals surface area (Å²) in [6.07, 6.45) is 8.02. The predicted octanol–water partition coefficient (Wildman–Crippen LogP) is 1.20. The first-order valence-corrected chi connectivity index (χ1v) is 9.30. The molecule has 7 nitrogen and oxygen atoms in total. The smallest absolute Gasteiger partial charge is 0.230 e. The second-order valence-corrected chi connectivity index (χ2v) is 8.07. The first-order valence-electron chi connectivity index (χ1n) is 9.30. The van der Waals surface area contributed by atoms with Gasteiger partial charge in [0.15, 0.2) is 0 Å². The van der Waals surface area contributed by atoms with Gasteiger partial charge in [0, 0.05) is 26.0 Å². The SMILES string of the molecule is CC(C)CCN1C[C@]23C=C[C@H](O2)[C@H](C(=O)N(C)Cc2ncc[nH]2)[C@@H]3C1=O. The fourth-order valence-corrected chi connectivity index (χ4v) is 4.40. The summed E-state index contributed by atoms with van der Waals surface area (Å²) in [5.74, 6) is 0.411. The largest absolute Gasteiger partial charge is 0.360 e. The number of imidazole rings is 1. The molecule has 3 aliphatic rings. The van der Waals surface area contributed by atoms with Gasteiger partial charge >= 0.3 is 0 Å². The Hall–Kier alpha value is -2.15. The van der Waals surface area contributed by atoms with E-state index in [0.717, 1.165) is 18.8 Å². The fourth-order valence-electron chi connectivity index (χ4n) is 4.40. The maximum Gasteiger partial charge on any atom is 0.230 e. The molecule has 3 aliphatic heterocycles. The van der Waals surface area contributed by atoms with Crippen molar-refractivity contribution in [3.63, 3.8) is 0 Å². The van der Waals surface area contributed by atoms with Crippen molar-refractivity contribution < 1.29 is 14.3 Å². The van der Waals surface area contributed by atoms with E-state index in [1.54, 1.807) is 24.3 Å². The molecule has 4 heterocycles. The molecule has 4 rings (SSSR count). The lowest BCUT2D eigenvalue weighted by Gasteiger charge is -2.27. The third kappa shape index (κ3) is 2.65. The van der Waals surface area contributed by atoms with Crippen molar-refractivity contribution in [2.24, 2.45) is 17.8 Å². The van der Waals surface area contributed by atoms with E-state index in [-0.39, 0.29) is 17.9 Å². The number of fused-ring (bicyclic) bond motifs is 1. The highest BCUT2D eigenvalue weighted by Gasteiger charge is 2.66. The number of amides is 2. The van der Waals surface area contributed by atoms with Gasteiger partial charge in [-0.3, -0.25) is 9.59 Å². The van der Waals surface area contributed by atoms with Crippen molar-refractivity contribution in [1.29, 1.82) is 0 Å².